The first-order valence-electron chi connectivity index (χ1n) is 6.85. The summed E-state index contributed by atoms with van der Waals surface area (Å²) in [4.78, 5) is 13.4. The maximum Gasteiger partial charge on any atom is 0.407 e. The molecule has 0 bridgehead atoms. The van der Waals surface area contributed by atoms with Gasteiger partial charge in [0.05, 0.1) is 24.5 Å². The third-order valence-corrected chi connectivity index (χ3v) is 3.62. The van der Waals surface area contributed by atoms with Crippen LogP contribution in [-0.2, 0) is 11.8 Å². The molecule has 1 saturated heterocycles. The fourth-order valence-corrected chi connectivity index (χ4v) is 2.65. The number of hydrogen-bond donors (Lipinski definition) is 2. The molecule has 112 valence electrons. The monoisotopic (exact) mass is 281 g/mol. The van der Waals surface area contributed by atoms with Crippen molar-refractivity contribution in [2.75, 3.05) is 30.8 Å². The van der Waals surface area contributed by atoms with Gasteiger partial charge in [0.2, 0.25) is 0 Å². The Balaban J connectivity index is 2.12. The van der Waals surface area contributed by atoms with Gasteiger partial charge in [-0.3, -0.25) is 4.68 Å². The number of nitrogens with two attached hydrogens (primary N) is 1. The number of nitrogens with zero attached hydrogens (tertiary/aromatic N) is 3. The van der Waals surface area contributed by atoms with Crippen molar-refractivity contribution in [2.45, 2.75) is 32.2 Å². The minimum absolute atomic E-state index is 0.0826. The van der Waals surface area contributed by atoms with E-state index in [1.807, 2.05) is 11.7 Å². The van der Waals surface area contributed by atoms with Crippen LogP contribution in [0.15, 0.2) is 0 Å². The van der Waals surface area contributed by atoms with E-state index >= 15 is 0 Å². The van der Waals surface area contributed by atoms with Crippen molar-refractivity contribution in [3.05, 3.63) is 5.69 Å². The Morgan fingerprint density at radius 1 is 1.55 bits per heavy atom. The number of hydrogen-bond acceptors (Lipinski definition) is 5. The first-order chi connectivity index (χ1) is 9.43. The van der Waals surface area contributed by atoms with E-state index in [4.69, 9.17) is 5.73 Å². The molecule has 1 unspecified atom stereocenters. The van der Waals surface area contributed by atoms with E-state index < -0.39 is 6.09 Å². The molecule has 0 spiro atoms. The predicted octanol–water partition coefficient (Wildman–Crippen LogP) is 1.06. The van der Waals surface area contributed by atoms with Gasteiger partial charge >= 0.3 is 6.09 Å². The molecule has 1 amide bonds. The van der Waals surface area contributed by atoms with Crippen LogP contribution in [0.5, 0.6) is 0 Å². The number of methoxy groups -OCH3 is 1. The van der Waals surface area contributed by atoms with Gasteiger partial charge in [0.15, 0.2) is 0 Å². The Bertz CT molecular complexity index is 497. The second-order valence-electron chi connectivity index (χ2n) is 5.47. The number of nitrogens with one attached hydrogen (secondary N) is 1. The third-order valence-electron chi connectivity index (χ3n) is 3.62. The number of rotatable bonds is 3. The Labute approximate surface area is 119 Å². The Morgan fingerprint density at radius 2 is 2.25 bits per heavy atom. The molecule has 2 rings (SSSR count). The predicted molar refractivity (Wildman–Crippen MR) is 77.9 cm³/mol. The first-order valence-corrected chi connectivity index (χ1v) is 6.85. The van der Waals surface area contributed by atoms with Crippen LogP contribution < -0.4 is 16.0 Å². The molecular weight excluding hydrogens is 258 g/mol. The molecule has 7 heteroatoms. The molecule has 20 heavy (non-hydrogen) atoms. The van der Waals surface area contributed by atoms with Crippen molar-refractivity contribution < 1.29 is 9.53 Å². The molecule has 0 aromatic carbocycles. The molecule has 0 aliphatic carbocycles. The summed E-state index contributed by atoms with van der Waals surface area (Å²) in [7, 11) is 3.27. The van der Waals surface area contributed by atoms with Gasteiger partial charge in [-0.25, -0.2) is 4.79 Å². The number of amides is 1. The number of carbonyl (C=O) groups excluding carboxylic acids is 1. The molecule has 2 heterocycles. The van der Waals surface area contributed by atoms with Crippen LogP contribution in [0.2, 0.25) is 0 Å². The van der Waals surface area contributed by atoms with Gasteiger partial charge in [-0.2, -0.15) is 5.10 Å². The summed E-state index contributed by atoms with van der Waals surface area (Å²) in [5.74, 6) is 1.23. The molecule has 1 aromatic rings. The van der Waals surface area contributed by atoms with Crippen LogP contribution in [-0.4, -0.2) is 42.1 Å². The van der Waals surface area contributed by atoms with Crippen LogP contribution in [0.3, 0.4) is 0 Å². The quantitative estimate of drug-likeness (QED) is 0.865. The topological polar surface area (TPSA) is 85.4 Å². The van der Waals surface area contributed by atoms with E-state index in [0.717, 1.165) is 36.7 Å². The summed E-state index contributed by atoms with van der Waals surface area (Å²) in [5.41, 5.74) is 7.88. The second-order valence-corrected chi connectivity index (χ2v) is 5.47. The fraction of sp³-hybridized carbons (Fsp3) is 0.692. The van der Waals surface area contributed by atoms with Crippen molar-refractivity contribution in [3.63, 3.8) is 0 Å². The van der Waals surface area contributed by atoms with E-state index in [1.54, 1.807) is 0 Å². The number of carbonyl (C=O) groups is 1. The molecule has 1 aromatic heterocycles. The van der Waals surface area contributed by atoms with Gasteiger partial charge in [0.1, 0.15) is 5.82 Å². The fourth-order valence-electron chi connectivity index (χ4n) is 2.65. The number of aryl methyl sites for hydroxylation is 1. The van der Waals surface area contributed by atoms with Gasteiger partial charge < -0.3 is 20.7 Å². The summed E-state index contributed by atoms with van der Waals surface area (Å²) in [6.45, 7) is 5.72. The summed E-state index contributed by atoms with van der Waals surface area (Å²) in [6.07, 6.45) is 0.481. The average Bonchev–Trinajstić information content (AvgIpc) is 2.94. The normalized spacial score (nSPS) is 18.6. The molecule has 7 nitrogen and oxygen atoms in total. The van der Waals surface area contributed by atoms with Crippen molar-refractivity contribution in [1.82, 2.24) is 15.1 Å². The number of nitrogen functional groups attached to an aromatic ring is 1. The number of ether oxygens (including phenoxy) is 1. The van der Waals surface area contributed by atoms with Gasteiger partial charge in [0.25, 0.3) is 0 Å². The minimum atomic E-state index is -0.391. The van der Waals surface area contributed by atoms with Crippen molar-refractivity contribution >= 4 is 17.6 Å². The maximum absolute atomic E-state index is 11.2. The Kier molecular flexibility index (Phi) is 4.06. The molecule has 1 aliphatic heterocycles. The zero-order valence-electron chi connectivity index (χ0n) is 12.5. The van der Waals surface area contributed by atoms with Crippen LogP contribution >= 0.6 is 0 Å². The molecule has 3 N–H and O–H groups in total. The van der Waals surface area contributed by atoms with Crippen molar-refractivity contribution in [3.8, 4) is 0 Å². The van der Waals surface area contributed by atoms with E-state index in [-0.39, 0.29) is 6.04 Å². The van der Waals surface area contributed by atoms with Gasteiger partial charge in [-0.1, -0.05) is 13.8 Å². The second kappa shape index (κ2) is 5.60. The first kappa shape index (κ1) is 14.5. The Hall–Kier alpha value is -1.92. The number of alkyl carbamates (subject to hydrolysis) is 1. The van der Waals surface area contributed by atoms with E-state index in [2.05, 4.69) is 33.9 Å². The molecule has 1 atom stereocenters. The van der Waals surface area contributed by atoms with Crippen LogP contribution in [0, 0.1) is 0 Å². The lowest BCUT2D eigenvalue weighted by Gasteiger charge is -2.19. The smallest absolute Gasteiger partial charge is 0.407 e. The summed E-state index contributed by atoms with van der Waals surface area (Å²) < 4.78 is 6.45. The van der Waals surface area contributed by atoms with Crippen LogP contribution in [0.1, 0.15) is 31.9 Å². The average molecular weight is 281 g/mol. The lowest BCUT2D eigenvalue weighted by atomic mass is 10.1. The Morgan fingerprint density at radius 3 is 2.80 bits per heavy atom. The summed E-state index contributed by atoms with van der Waals surface area (Å²) in [5, 5.41) is 7.32. The maximum atomic E-state index is 11.2. The van der Waals surface area contributed by atoms with E-state index in [0.29, 0.717) is 5.92 Å². The zero-order chi connectivity index (χ0) is 14.9. The highest BCUT2D eigenvalue weighted by molar-refractivity contribution is 5.69. The van der Waals surface area contributed by atoms with Crippen LogP contribution in [0.4, 0.5) is 16.3 Å². The van der Waals surface area contributed by atoms with Crippen molar-refractivity contribution in [2.24, 2.45) is 7.05 Å². The molecular formula is C13H23N5O2. The zero-order valence-corrected chi connectivity index (χ0v) is 12.5. The number of aromatic nitrogens is 2. The molecule has 0 saturated carbocycles. The van der Waals surface area contributed by atoms with Gasteiger partial charge in [0, 0.05) is 20.1 Å². The standard InChI is InChI=1S/C13H23N5O2/c1-8(2)11-10(14)12(17(3)16-11)18-6-5-9(7-18)15-13(19)20-4/h8-9H,5-7,14H2,1-4H3,(H,15,19). The summed E-state index contributed by atoms with van der Waals surface area (Å²) in [6, 6.07) is 0.0826. The lowest BCUT2D eigenvalue weighted by Crippen LogP contribution is -2.37. The highest BCUT2D eigenvalue weighted by atomic mass is 16.5. The summed E-state index contributed by atoms with van der Waals surface area (Å²) >= 11 is 0. The SMILES string of the molecule is COC(=O)NC1CCN(c2c(N)c(C(C)C)nn2C)C1. The van der Waals surface area contributed by atoms with Gasteiger partial charge in [-0.15, -0.1) is 0 Å². The van der Waals surface area contributed by atoms with Crippen LogP contribution in [0.25, 0.3) is 0 Å². The number of anilines is 2. The molecule has 1 fully saturated rings. The van der Waals surface area contributed by atoms with E-state index in [1.165, 1.54) is 7.11 Å². The molecule has 0 radical (unpaired) electrons. The highest BCUT2D eigenvalue weighted by Gasteiger charge is 2.29. The van der Waals surface area contributed by atoms with Gasteiger partial charge in [-0.05, 0) is 12.3 Å². The highest BCUT2D eigenvalue weighted by Crippen LogP contribution is 2.32. The minimum Gasteiger partial charge on any atom is -0.453 e. The molecule has 1 aliphatic rings. The van der Waals surface area contributed by atoms with Crippen molar-refractivity contribution in [1.29, 1.82) is 0 Å². The largest absolute Gasteiger partial charge is 0.453 e. The van der Waals surface area contributed by atoms with E-state index in [9.17, 15) is 4.79 Å². The third kappa shape index (κ3) is 2.66. The lowest BCUT2D eigenvalue weighted by molar-refractivity contribution is 0.167.